The Bertz CT molecular complexity index is 1110. The van der Waals surface area contributed by atoms with Crippen molar-refractivity contribution < 1.29 is 12.8 Å². The van der Waals surface area contributed by atoms with Gasteiger partial charge in [-0.2, -0.15) is 4.31 Å². The first kappa shape index (κ1) is 19.1. The molecule has 0 saturated carbocycles. The highest BCUT2D eigenvalue weighted by Gasteiger charge is 2.34. The monoisotopic (exact) mass is 401 g/mol. The topological polar surface area (TPSA) is 55.2 Å². The molecule has 1 aliphatic heterocycles. The van der Waals surface area contributed by atoms with Crippen LogP contribution in [0, 0.1) is 5.82 Å². The molecule has 1 aliphatic rings. The third kappa shape index (κ3) is 3.22. The molecule has 0 bridgehead atoms. The van der Waals surface area contributed by atoms with Crippen LogP contribution in [0.5, 0.6) is 0 Å². The van der Waals surface area contributed by atoms with E-state index in [1.807, 2.05) is 24.3 Å². The molecule has 1 aromatic heterocycles. The fourth-order valence-corrected chi connectivity index (χ4v) is 5.65. The minimum absolute atomic E-state index is 0.0231. The lowest BCUT2D eigenvalue weighted by Gasteiger charge is -2.32. The standard InChI is InChI=1S/C21H24FN3O2S/c1-15(2)25-19-11-5-4-10-18(19)23-21(25)16-8-7-13-24(14-16)28(26,27)20-12-6-3-9-17(20)22/h3-6,9-12,15-16H,7-8,13-14H2,1-2H3. The van der Waals surface area contributed by atoms with E-state index in [9.17, 15) is 12.8 Å². The van der Waals surface area contributed by atoms with Crippen molar-refractivity contribution in [1.29, 1.82) is 0 Å². The Morgan fingerprint density at radius 3 is 2.57 bits per heavy atom. The van der Waals surface area contributed by atoms with Gasteiger partial charge >= 0.3 is 0 Å². The van der Waals surface area contributed by atoms with Gasteiger partial charge in [-0.15, -0.1) is 0 Å². The van der Waals surface area contributed by atoms with E-state index in [0.717, 1.165) is 29.7 Å². The number of halogens is 1. The summed E-state index contributed by atoms with van der Waals surface area (Å²) in [5.74, 6) is 0.175. The highest BCUT2D eigenvalue weighted by molar-refractivity contribution is 7.89. The van der Waals surface area contributed by atoms with Crippen LogP contribution in [0.4, 0.5) is 4.39 Å². The summed E-state index contributed by atoms with van der Waals surface area (Å²) in [6.45, 7) is 4.92. The van der Waals surface area contributed by atoms with E-state index < -0.39 is 15.8 Å². The Labute approximate surface area is 164 Å². The third-order valence-corrected chi connectivity index (χ3v) is 7.24. The van der Waals surface area contributed by atoms with Crippen molar-refractivity contribution in [3.63, 3.8) is 0 Å². The quantitative estimate of drug-likeness (QED) is 0.654. The first-order valence-electron chi connectivity index (χ1n) is 9.61. The van der Waals surface area contributed by atoms with Crippen molar-refractivity contribution in [2.45, 2.75) is 43.5 Å². The Kier molecular flexibility index (Phi) is 4.97. The maximum absolute atomic E-state index is 14.1. The molecule has 2 heterocycles. The fraction of sp³-hybridized carbons (Fsp3) is 0.381. The van der Waals surface area contributed by atoms with E-state index >= 15 is 0 Å². The molecule has 148 valence electrons. The summed E-state index contributed by atoms with van der Waals surface area (Å²) in [5.41, 5.74) is 1.97. The van der Waals surface area contributed by atoms with Gasteiger partial charge in [-0.25, -0.2) is 17.8 Å². The minimum Gasteiger partial charge on any atom is -0.325 e. The maximum atomic E-state index is 14.1. The molecule has 1 saturated heterocycles. The Morgan fingerprint density at radius 1 is 1.11 bits per heavy atom. The van der Waals surface area contributed by atoms with Gasteiger partial charge in [-0.05, 0) is 51.0 Å². The van der Waals surface area contributed by atoms with Crippen LogP contribution >= 0.6 is 0 Å². The number of imidazole rings is 1. The zero-order chi connectivity index (χ0) is 19.9. The molecule has 4 rings (SSSR count). The van der Waals surface area contributed by atoms with Crippen LogP contribution in [-0.2, 0) is 10.0 Å². The minimum atomic E-state index is -3.88. The van der Waals surface area contributed by atoms with Gasteiger partial charge in [0.25, 0.3) is 0 Å². The van der Waals surface area contributed by atoms with Gasteiger partial charge in [0.1, 0.15) is 16.5 Å². The first-order valence-corrected chi connectivity index (χ1v) is 11.0. The van der Waals surface area contributed by atoms with Crippen LogP contribution < -0.4 is 0 Å². The van der Waals surface area contributed by atoms with Gasteiger partial charge in [0, 0.05) is 25.0 Å². The Hall–Kier alpha value is -2.25. The van der Waals surface area contributed by atoms with Crippen LogP contribution in [0.15, 0.2) is 53.4 Å². The van der Waals surface area contributed by atoms with Crippen molar-refractivity contribution in [1.82, 2.24) is 13.9 Å². The van der Waals surface area contributed by atoms with E-state index in [2.05, 4.69) is 18.4 Å². The molecule has 1 atom stereocenters. The third-order valence-electron chi connectivity index (χ3n) is 5.34. The van der Waals surface area contributed by atoms with Crippen molar-refractivity contribution in [2.75, 3.05) is 13.1 Å². The summed E-state index contributed by atoms with van der Waals surface area (Å²) in [6.07, 6.45) is 1.58. The lowest BCUT2D eigenvalue weighted by molar-refractivity contribution is 0.302. The van der Waals surface area contributed by atoms with Gasteiger partial charge in [0.05, 0.1) is 11.0 Å². The molecule has 1 unspecified atom stereocenters. The van der Waals surface area contributed by atoms with E-state index in [0.29, 0.717) is 13.1 Å². The Morgan fingerprint density at radius 2 is 1.82 bits per heavy atom. The van der Waals surface area contributed by atoms with Gasteiger partial charge < -0.3 is 4.57 Å². The fourth-order valence-electron chi connectivity index (χ4n) is 4.06. The molecule has 0 radical (unpaired) electrons. The molecule has 0 spiro atoms. The zero-order valence-corrected chi connectivity index (χ0v) is 16.9. The number of aromatic nitrogens is 2. The van der Waals surface area contributed by atoms with Gasteiger partial charge in [0.2, 0.25) is 10.0 Å². The van der Waals surface area contributed by atoms with Crippen LogP contribution in [0.3, 0.4) is 0 Å². The average molecular weight is 402 g/mol. The molecule has 1 fully saturated rings. The second kappa shape index (κ2) is 7.29. The van der Waals surface area contributed by atoms with Crippen LogP contribution in [0.2, 0.25) is 0 Å². The second-order valence-electron chi connectivity index (χ2n) is 7.56. The van der Waals surface area contributed by atoms with E-state index in [1.165, 1.54) is 22.5 Å². The molecule has 3 aromatic rings. The SMILES string of the molecule is CC(C)n1c(C2CCCN(S(=O)(=O)c3ccccc3F)C2)nc2ccccc21. The van der Waals surface area contributed by atoms with Crippen molar-refractivity contribution in [3.05, 3.63) is 60.2 Å². The number of benzene rings is 2. The molecule has 7 heteroatoms. The Balaban J connectivity index is 1.71. The zero-order valence-electron chi connectivity index (χ0n) is 16.0. The summed E-state index contributed by atoms with van der Waals surface area (Å²) in [4.78, 5) is 4.58. The average Bonchev–Trinajstić information content (AvgIpc) is 3.08. The summed E-state index contributed by atoms with van der Waals surface area (Å²) in [5, 5.41) is 0. The van der Waals surface area contributed by atoms with Crippen molar-refractivity contribution >= 4 is 21.1 Å². The van der Waals surface area contributed by atoms with Crippen molar-refractivity contribution in [3.8, 4) is 0 Å². The number of hydrogen-bond donors (Lipinski definition) is 0. The number of fused-ring (bicyclic) bond motifs is 1. The number of piperidine rings is 1. The van der Waals surface area contributed by atoms with Crippen LogP contribution in [-0.4, -0.2) is 35.4 Å². The normalized spacial score (nSPS) is 18.8. The van der Waals surface area contributed by atoms with Crippen LogP contribution in [0.1, 0.15) is 44.5 Å². The summed E-state index contributed by atoms with van der Waals surface area (Å²) < 4.78 is 43.8. The number of sulfonamides is 1. The molecule has 0 aliphatic carbocycles. The van der Waals surface area contributed by atoms with Gasteiger partial charge in [0.15, 0.2) is 0 Å². The van der Waals surface area contributed by atoms with Crippen LogP contribution in [0.25, 0.3) is 11.0 Å². The number of para-hydroxylation sites is 2. The lowest BCUT2D eigenvalue weighted by Crippen LogP contribution is -2.40. The molecule has 0 amide bonds. The van der Waals surface area contributed by atoms with E-state index in [-0.39, 0.29) is 16.9 Å². The number of nitrogens with zero attached hydrogens (tertiary/aromatic N) is 3. The number of hydrogen-bond acceptors (Lipinski definition) is 3. The van der Waals surface area contributed by atoms with E-state index in [1.54, 1.807) is 6.07 Å². The molecular weight excluding hydrogens is 377 g/mol. The predicted molar refractivity (Wildman–Crippen MR) is 107 cm³/mol. The molecule has 5 nitrogen and oxygen atoms in total. The smallest absolute Gasteiger partial charge is 0.246 e. The van der Waals surface area contributed by atoms with Gasteiger partial charge in [-0.1, -0.05) is 24.3 Å². The predicted octanol–water partition coefficient (Wildman–Crippen LogP) is 4.32. The summed E-state index contributed by atoms with van der Waals surface area (Å²) in [7, 11) is -3.88. The highest BCUT2D eigenvalue weighted by Crippen LogP contribution is 2.33. The summed E-state index contributed by atoms with van der Waals surface area (Å²) >= 11 is 0. The second-order valence-corrected chi connectivity index (χ2v) is 9.46. The largest absolute Gasteiger partial charge is 0.325 e. The molecule has 28 heavy (non-hydrogen) atoms. The van der Waals surface area contributed by atoms with Crippen molar-refractivity contribution in [2.24, 2.45) is 0 Å². The van der Waals surface area contributed by atoms with E-state index in [4.69, 9.17) is 4.98 Å². The first-order chi connectivity index (χ1) is 13.4. The number of rotatable bonds is 4. The lowest BCUT2D eigenvalue weighted by atomic mass is 9.98. The molecule has 2 aromatic carbocycles. The highest BCUT2D eigenvalue weighted by atomic mass is 32.2. The maximum Gasteiger partial charge on any atom is 0.246 e. The van der Waals surface area contributed by atoms with Gasteiger partial charge in [-0.3, -0.25) is 0 Å². The summed E-state index contributed by atoms with van der Waals surface area (Å²) in [6, 6.07) is 13.7. The molecule has 0 N–H and O–H groups in total. The molecular formula is C21H24FN3O2S.